The molecule has 0 saturated carbocycles. The first kappa shape index (κ1) is 14.0. The van der Waals surface area contributed by atoms with Crippen LogP contribution >= 0.6 is 0 Å². The van der Waals surface area contributed by atoms with E-state index in [9.17, 15) is 14.0 Å². The first-order valence-electron chi connectivity index (χ1n) is 5.18. The van der Waals surface area contributed by atoms with Crippen LogP contribution in [0.1, 0.15) is 18.5 Å². The summed E-state index contributed by atoms with van der Waals surface area (Å²) >= 11 is 0. The molecule has 0 spiro atoms. The van der Waals surface area contributed by atoms with Gasteiger partial charge in [-0.3, -0.25) is 4.79 Å². The summed E-state index contributed by atoms with van der Waals surface area (Å²) in [4.78, 5) is 22.7. The van der Waals surface area contributed by atoms with Crippen LogP contribution < -0.4 is 10.1 Å². The summed E-state index contributed by atoms with van der Waals surface area (Å²) in [6.45, 7) is 1.25. The average Bonchev–Trinajstić information content (AvgIpc) is 2.34. The lowest BCUT2D eigenvalue weighted by molar-refractivity contribution is -0.145. The lowest BCUT2D eigenvalue weighted by atomic mass is 10.1. The van der Waals surface area contributed by atoms with Crippen LogP contribution in [0, 0.1) is 5.82 Å². The van der Waals surface area contributed by atoms with Crippen LogP contribution in [-0.4, -0.2) is 26.1 Å². The molecule has 1 atom stereocenters. The van der Waals surface area contributed by atoms with E-state index in [-0.39, 0.29) is 5.56 Å². The molecule has 0 radical (unpaired) electrons. The zero-order chi connectivity index (χ0) is 13.7. The van der Waals surface area contributed by atoms with Gasteiger partial charge < -0.3 is 14.8 Å². The Morgan fingerprint density at radius 2 is 2.00 bits per heavy atom. The minimum atomic E-state index is -1.10. The van der Waals surface area contributed by atoms with Crippen molar-refractivity contribution in [3.8, 4) is 5.75 Å². The number of amides is 1. The summed E-state index contributed by atoms with van der Waals surface area (Å²) in [7, 11) is 2.57. The highest BCUT2D eigenvalue weighted by molar-refractivity contribution is 5.85. The van der Waals surface area contributed by atoms with E-state index < -0.39 is 23.7 Å². The molecule has 0 aromatic heterocycles. The highest BCUT2D eigenvalue weighted by Gasteiger charge is 2.26. The Hall–Kier alpha value is -2.11. The van der Waals surface area contributed by atoms with Crippen molar-refractivity contribution in [1.29, 1.82) is 0 Å². The van der Waals surface area contributed by atoms with Crippen molar-refractivity contribution in [1.82, 2.24) is 5.32 Å². The lowest BCUT2D eigenvalue weighted by Gasteiger charge is -2.18. The van der Waals surface area contributed by atoms with Crippen molar-refractivity contribution < 1.29 is 23.5 Å². The molecular weight excluding hydrogens is 241 g/mol. The normalized spacial score (nSPS) is 11.6. The molecule has 0 aliphatic carbocycles. The van der Waals surface area contributed by atoms with Gasteiger partial charge in [0.2, 0.25) is 5.91 Å². The molecule has 1 unspecified atom stereocenters. The summed E-state index contributed by atoms with van der Waals surface area (Å²) in [5, 5.41) is 2.39. The van der Waals surface area contributed by atoms with Crippen molar-refractivity contribution in [2.24, 2.45) is 0 Å². The van der Waals surface area contributed by atoms with Gasteiger partial charge >= 0.3 is 5.97 Å². The molecular formula is C12H14FNO4. The highest BCUT2D eigenvalue weighted by atomic mass is 19.1. The summed E-state index contributed by atoms with van der Waals surface area (Å²) in [5.41, 5.74) is 0.208. The first-order valence-corrected chi connectivity index (χ1v) is 5.18. The Kier molecular flexibility index (Phi) is 4.65. The SMILES string of the molecule is COC(=O)C(NC(C)=O)c1cc(F)ccc1OC. The van der Waals surface area contributed by atoms with Crippen molar-refractivity contribution in [2.75, 3.05) is 14.2 Å². The summed E-state index contributed by atoms with van der Waals surface area (Å²) in [6, 6.07) is 2.60. The second-order valence-electron chi connectivity index (χ2n) is 3.54. The summed E-state index contributed by atoms with van der Waals surface area (Å²) < 4.78 is 22.8. The van der Waals surface area contributed by atoms with Crippen LogP contribution in [0.4, 0.5) is 4.39 Å². The van der Waals surface area contributed by atoms with Gasteiger partial charge in [-0.05, 0) is 18.2 Å². The number of carbonyl (C=O) groups excluding carboxylic acids is 2. The average molecular weight is 255 g/mol. The van der Waals surface area contributed by atoms with Gasteiger partial charge in [-0.15, -0.1) is 0 Å². The number of esters is 1. The van der Waals surface area contributed by atoms with E-state index in [1.807, 2.05) is 0 Å². The fourth-order valence-electron chi connectivity index (χ4n) is 1.52. The molecule has 1 rings (SSSR count). The number of halogens is 1. The molecule has 0 aliphatic heterocycles. The third kappa shape index (κ3) is 3.19. The Morgan fingerprint density at radius 3 is 2.50 bits per heavy atom. The van der Waals surface area contributed by atoms with Gasteiger partial charge in [0.25, 0.3) is 0 Å². The Bertz CT molecular complexity index is 461. The number of rotatable bonds is 4. The van der Waals surface area contributed by atoms with Crippen LogP contribution in [-0.2, 0) is 14.3 Å². The number of carbonyl (C=O) groups is 2. The third-order valence-corrected chi connectivity index (χ3v) is 2.29. The van der Waals surface area contributed by atoms with E-state index in [1.54, 1.807) is 0 Å². The van der Waals surface area contributed by atoms with Gasteiger partial charge in [-0.1, -0.05) is 0 Å². The molecule has 1 amide bonds. The molecule has 0 fully saturated rings. The van der Waals surface area contributed by atoms with Gasteiger partial charge in [0, 0.05) is 12.5 Å². The molecule has 18 heavy (non-hydrogen) atoms. The minimum Gasteiger partial charge on any atom is -0.496 e. The number of hydrogen-bond donors (Lipinski definition) is 1. The molecule has 1 aromatic rings. The maximum atomic E-state index is 13.2. The Labute approximate surface area is 104 Å². The number of nitrogens with one attached hydrogen (secondary N) is 1. The van der Waals surface area contributed by atoms with Crippen molar-refractivity contribution in [3.05, 3.63) is 29.6 Å². The van der Waals surface area contributed by atoms with Crippen molar-refractivity contribution >= 4 is 11.9 Å². The Morgan fingerprint density at radius 1 is 1.33 bits per heavy atom. The zero-order valence-electron chi connectivity index (χ0n) is 10.3. The highest BCUT2D eigenvalue weighted by Crippen LogP contribution is 2.26. The molecule has 5 nitrogen and oxygen atoms in total. The maximum absolute atomic E-state index is 13.2. The molecule has 6 heteroatoms. The predicted octanol–water partition coefficient (Wildman–Crippen LogP) is 1.18. The largest absolute Gasteiger partial charge is 0.496 e. The fourth-order valence-corrected chi connectivity index (χ4v) is 1.52. The molecule has 1 N–H and O–H groups in total. The predicted molar refractivity (Wildman–Crippen MR) is 61.5 cm³/mol. The maximum Gasteiger partial charge on any atom is 0.333 e. The molecule has 98 valence electrons. The van der Waals surface area contributed by atoms with Crippen molar-refractivity contribution in [2.45, 2.75) is 13.0 Å². The number of ether oxygens (including phenoxy) is 2. The van der Waals surface area contributed by atoms with E-state index in [4.69, 9.17) is 4.74 Å². The van der Waals surface area contributed by atoms with Crippen LogP contribution in [0.5, 0.6) is 5.75 Å². The molecule has 0 bridgehead atoms. The molecule has 1 aromatic carbocycles. The number of benzene rings is 1. The fraction of sp³-hybridized carbons (Fsp3) is 0.333. The van der Waals surface area contributed by atoms with E-state index in [1.165, 1.54) is 33.3 Å². The van der Waals surface area contributed by atoms with Crippen LogP contribution in [0.15, 0.2) is 18.2 Å². The van der Waals surface area contributed by atoms with Crippen LogP contribution in [0.3, 0.4) is 0 Å². The van der Waals surface area contributed by atoms with Gasteiger partial charge in [0.15, 0.2) is 6.04 Å². The van der Waals surface area contributed by atoms with Gasteiger partial charge in [0.05, 0.1) is 14.2 Å². The molecule has 0 saturated heterocycles. The van der Waals surface area contributed by atoms with Gasteiger partial charge in [-0.2, -0.15) is 0 Å². The first-order chi connectivity index (χ1) is 8.49. The van der Waals surface area contributed by atoms with E-state index >= 15 is 0 Å². The summed E-state index contributed by atoms with van der Waals surface area (Å²) in [6.07, 6.45) is 0. The number of methoxy groups -OCH3 is 2. The zero-order valence-corrected chi connectivity index (χ0v) is 10.3. The number of hydrogen-bond acceptors (Lipinski definition) is 4. The molecule has 0 aliphatic rings. The third-order valence-electron chi connectivity index (χ3n) is 2.29. The standard InChI is InChI=1S/C12H14FNO4/c1-7(15)14-11(12(16)18-3)9-6-8(13)4-5-10(9)17-2/h4-6,11H,1-3H3,(H,14,15). The van der Waals surface area contributed by atoms with E-state index in [0.717, 1.165) is 6.07 Å². The summed E-state index contributed by atoms with van der Waals surface area (Å²) in [5.74, 6) is -1.38. The lowest BCUT2D eigenvalue weighted by Crippen LogP contribution is -2.33. The van der Waals surface area contributed by atoms with Gasteiger partial charge in [-0.25, -0.2) is 9.18 Å². The second-order valence-corrected chi connectivity index (χ2v) is 3.54. The second kappa shape index (κ2) is 6.00. The molecule has 0 heterocycles. The monoisotopic (exact) mass is 255 g/mol. The topological polar surface area (TPSA) is 64.6 Å². The van der Waals surface area contributed by atoms with Gasteiger partial charge in [0.1, 0.15) is 11.6 Å². The van der Waals surface area contributed by atoms with Crippen LogP contribution in [0.25, 0.3) is 0 Å². The van der Waals surface area contributed by atoms with Crippen LogP contribution in [0.2, 0.25) is 0 Å². The quantitative estimate of drug-likeness (QED) is 0.821. The van der Waals surface area contributed by atoms with E-state index in [0.29, 0.717) is 5.75 Å². The van der Waals surface area contributed by atoms with E-state index in [2.05, 4.69) is 10.1 Å². The minimum absolute atomic E-state index is 0.208. The van der Waals surface area contributed by atoms with Crippen molar-refractivity contribution in [3.63, 3.8) is 0 Å². The Balaban J connectivity index is 3.22. The smallest absolute Gasteiger partial charge is 0.333 e.